The van der Waals surface area contributed by atoms with Crippen molar-refractivity contribution in [3.05, 3.63) is 29.6 Å². The van der Waals surface area contributed by atoms with Crippen molar-refractivity contribution < 1.29 is 9.13 Å². The molecule has 0 amide bonds. The third-order valence-corrected chi connectivity index (χ3v) is 5.86. The van der Waals surface area contributed by atoms with E-state index in [0.717, 1.165) is 42.9 Å². The van der Waals surface area contributed by atoms with Crippen LogP contribution >= 0.6 is 11.8 Å². The predicted molar refractivity (Wildman–Crippen MR) is 81.9 cm³/mol. The molecule has 2 heterocycles. The molecular formula is C16H22FNOS. The number of rotatable bonds is 3. The summed E-state index contributed by atoms with van der Waals surface area (Å²) in [4.78, 5) is 0. The SMILES string of the molecule is CCCNC1CC2(CCSC2C)Oc2cc(F)ccc21. The van der Waals surface area contributed by atoms with Crippen molar-refractivity contribution in [3.63, 3.8) is 0 Å². The van der Waals surface area contributed by atoms with Gasteiger partial charge in [-0.3, -0.25) is 0 Å². The van der Waals surface area contributed by atoms with E-state index in [0.29, 0.717) is 5.25 Å². The summed E-state index contributed by atoms with van der Waals surface area (Å²) >= 11 is 1.96. The van der Waals surface area contributed by atoms with Crippen LogP contribution in [0.15, 0.2) is 18.2 Å². The van der Waals surface area contributed by atoms with Gasteiger partial charge < -0.3 is 10.1 Å². The summed E-state index contributed by atoms with van der Waals surface area (Å²) in [5.41, 5.74) is 0.978. The average Bonchev–Trinajstić information content (AvgIpc) is 2.76. The molecular weight excluding hydrogens is 273 g/mol. The highest BCUT2D eigenvalue weighted by molar-refractivity contribution is 8.00. The van der Waals surface area contributed by atoms with Crippen molar-refractivity contribution in [2.24, 2.45) is 0 Å². The Morgan fingerprint density at radius 1 is 1.50 bits per heavy atom. The van der Waals surface area contributed by atoms with E-state index in [4.69, 9.17) is 4.74 Å². The van der Waals surface area contributed by atoms with E-state index in [1.54, 1.807) is 6.07 Å². The zero-order chi connectivity index (χ0) is 14.2. The lowest BCUT2D eigenvalue weighted by Crippen LogP contribution is -2.48. The number of benzene rings is 1. The zero-order valence-electron chi connectivity index (χ0n) is 12.1. The average molecular weight is 295 g/mol. The first-order valence-corrected chi connectivity index (χ1v) is 8.53. The first-order chi connectivity index (χ1) is 9.64. The van der Waals surface area contributed by atoms with Crippen LogP contribution in [0.2, 0.25) is 0 Å². The van der Waals surface area contributed by atoms with Gasteiger partial charge in [0.15, 0.2) is 0 Å². The Bertz CT molecular complexity index is 495. The minimum absolute atomic E-state index is 0.128. The number of hydrogen-bond acceptors (Lipinski definition) is 3. The first-order valence-electron chi connectivity index (χ1n) is 7.48. The van der Waals surface area contributed by atoms with Crippen molar-refractivity contribution in [2.75, 3.05) is 12.3 Å². The summed E-state index contributed by atoms with van der Waals surface area (Å²) in [6, 6.07) is 5.23. The largest absolute Gasteiger partial charge is 0.486 e. The Morgan fingerprint density at radius 3 is 3.05 bits per heavy atom. The van der Waals surface area contributed by atoms with Gasteiger partial charge in [0.25, 0.3) is 0 Å². The molecule has 3 atom stereocenters. The van der Waals surface area contributed by atoms with Gasteiger partial charge in [-0.25, -0.2) is 4.39 Å². The van der Waals surface area contributed by atoms with E-state index in [1.807, 2.05) is 17.8 Å². The highest BCUT2D eigenvalue weighted by atomic mass is 32.2. The minimum Gasteiger partial charge on any atom is -0.486 e. The van der Waals surface area contributed by atoms with E-state index in [1.165, 1.54) is 6.07 Å². The molecule has 0 radical (unpaired) electrons. The van der Waals surface area contributed by atoms with E-state index < -0.39 is 0 Å². The van der Waals surface area contributed by atoms with Crippen LogP contribution in [0.1, 0.15) is 44.7 Å². The van der Waals surface area contributed by atoms with Gasteiger partial charge in [0, 0.05) is 29.3 Å². The minimum atomic E-state index is -0.214. The molecule has 0 saturated carbocycles. The lowest BCUT2D eigenvalue weighted by Gasteiger charge is -2.42. The van der Waals surface area contributed by atoms with Crippen molar-refractivity contribution >= 4 is 11.8 Å². The molecule has 1 saturated heterocycles. The number of nitrogens with one attached hydrogen (secondary N) is 1. The third kappa shape index (κ3) is 2.44. The molecule has 1 aromatic carbocycles. The van der Waals surface area contributed by atoms with Crippen molar-refractivity contribution in [1.82, 2.24) is 5.32 Å². The van der Waals surface area contributed by atoms with Gasteiger partial charge in [-0.2, -0.15) is 11.8 Å². The molecule has 1 spiro atoms. The molecule has 1 N–H and O–H groups in total. The smallest absolute Gasteiger partial charge is 0.127 e. The molecule has 2 aliphatic rings. The number of fused-ring (bicyclic) bond motifs is 1. The molecule has 1 aromatic rings. The fourth-order valence-electron chi connectivity index (χ4n) is 3.27. The lowest BCUT2D eigenvalue weighted by atomic mass is 9.83. The summed E-state index contributed by atoms with van der Waals surface area (Å²) in [5, 5.41) is 4.07. The Labute approximate surface area is 124 Å². The molecule has 3 unspecified atom stereocenters. The van der Waals surface area contributed by atoms with Crippen molar-refractivity contribution in [2.45, 2.75) is 50.0 Å². The maximum atomic E-state index is 13.5. The molecule has 1 fully saturated rings. The normalized spacial score (nSPS) is 32.1. The summed E-state index contributed by atoms with van der Waals surface area (Å²) in [5.74, 6) is 1.65. The summed E-state index contributed by atoms with van der Waals surface area (Å²) in [6.45, 7) is 5.39. The van der Waals surface area contributed by atoms with Gasteiger partial charge in [-0.05, 0) is 38.1 Å². The van der Waals surface area contributed by atoms with Gasteiger partial charge >= 0.3 is 0 Å². The quantitative estimate of drug-likeness (QED) is 0.913. The van der Waals surface area contributed by atoms with Gasteiger partial charge in [-0.15, -0.1) is 0 Å². The van der Waals surface area contributed by atoms with Gasteiger partial charge in [0.05, 0.1) is 0 Å². The van der Waals surface area contributed by atoms with Crippen LogP contribution in [0.4, 0.5) is 4.39 Å². The molecule has 0 aliphatic carbocycles. The molecule has 3 rings (SSSR count). The molecule has 0 bridgehead atoms. The fourth-order valence-corrected chi connectivity index (χ4v) is 4.65. The van der Waals surface area contributed by atoms with Gasteiger partial charge in [-0.1, -0.05) is 13.0 Å². The third-order valence-electron chi connectivity index (χ3n) is 4.49. The Kier molecular flexibility index (Phi) is 3.95. The molecule has 2 aliphatic heterocycles. The molecule has 4 heteroatoms. The zero-order valence-corrected chi connectivity index (χ0v) is 12.9. The first kappa shape index (κ1) is 14.2. The number of thioether (sulfide) groups is 1. The van der Waals surface area contributed by atoms with Crippen LogP contribution in [0.3, 0.4) is 0 Å². The lowest BCUT2D eigenvalue weighted by molar-refractivity contribution is 0.0350. The second kappa shape index (κ2) is 5.57. The second-order valence-electron chi connectivity index (χ2n) is 5.82. The van der Waals surface area contributed by atoms with Crippen molar-refractivity contribution in [1.29, 1.82) is 0 Å². The van der Waals surface area contributed by atoms with Crippen LogP contribution < -0.4 is 10.1 Å². The van der Waals surface area contributed by atoms with E-state index in [-0.39, 0.29) is 17.5 Å². The number of ether oxygens (including phenoxy) is 1. The highest BCUT2D eigenvalue weighted by Gasteiger charge is 2.48. The van der Waals surface area contributed by atoms with Crippen LogP contribution in [0.5, 0.6) is 5.75 Å². The topological polar surface area (TPSA) is 21.3 Å². The highest BCUT2D eigenvalue weighted by Crippen LogP contribution is 2.49. The predicted octanol–water partition coefficient (Wildman–Crippen LogP) is 3.91. The molecule has 2 nitrogen and oxygen atoms in total. The summed E-state index contributed by atoms with van der Waals surface area (Å²) in [6.07, 6.45) is 3.14. The fraction of sp³-hybridized carbons (Fsp3) is 0.625. The summed E-state index contributed by atoms with van der Waals surface area (Å²) < 4.78 is 19.8. The maximum absolute atomic E-state index is 13.5. The summed E-state index contributed by atoms with van der Waals surface area (Å²) in [7, 11) is 0. The Morgan fingerprint density at radius 2 is 2.35 bits per heavy atom. The Hall–Kier alpha value is -0.740. The van der Waals surface area contributed by atoms with E-state index >= 15 is 0 Å². The van der Waals surface area contributed by atoms with Gasteiger partial charge in [0.2, 0.25) is 0 Å². The number of halogens is 1. The van der Waals surface area contributed by atoms with Gasteiger partial charge in [0.1, 0.15) is 17.2 Å². The number of hydrogen-bond donors (Lipinski definition) is 1. The van der Waals surface area contributed by atoms with Crippen LogP contribution in [-0.4, -0.2) is 23.1 Å². The molecule has 20 heavy (non-hydrogen) atoms. The second-order valence-corrected chi connectivity index (χ2v) is 7.27. The van der Waals surface area contributed by atoms with Crippen LogP contribution in [0, 0.1) is 5.82 Å². The van der Waals surface area contributed by atoms with Crippen molar-refractivity contribution in [3.8, 4) is 5.75 Å². The molecule has 0 aromatic heterocycles. The monoisotopic (exact) mass is 295 g/mol. The van der Waals surface area contributed by atoms with E-state index in [9.17, 15) is 4.39 Å². The standard InChI is InChI=1S/C16H22FNOS/c1-3-7-18-14-10-16(6-8-20-11(16)2)19-15-9-12(17)4-5-13(14)15/h4-5,9,11,14,18H,3,6-8,10H2,1-2H3. The maximum Gasteiger partial charge on any atom is 0.127 e. The van der Waals surface area contributed by atoms with Crippen LogP contribution in [-0.2, 0) is 0 Å². The van der Waals surface area contributed by atoms with Crippen LogP contribution in [0.25, 0.3) is 0 Å². The van der Waals surface area contributed by atoms with E-state index in [2.05, 4.69) is 19.2 Å². The molecule has 110 valence electrons. The Balaban J connectivity index is 1.95.